The molecule has 0 aromatic heterocycles. The van der Waals surface area contributed by atoms with Crippen molar-refractivity contribution in [3.8, 4) is 0 Å². The Labute approximate surface area is 177 Å². The van der Waals surface area contributed by atoms with E-state index in [2.05, 4.69) is 53.4 Å². The Morgan fingerprint density at radius 3 is 2.07 bits per heavy atom. The third kappa shape index (κ3) is 9.79. The summed E-state index contributed by atoms with van der Waals surface area (Å²) in [4.78, 5) is 15.6. The molecule has 166 valence electrons. The highest BCUT2D eigenvalue weighted by Gasteiger charge is 2.38. The maximum Gasteiger partial charge on any atom is 0.223 e. The van der Waals surface area contributed by atoms with Crippen LogP contribution in [0.1, 0.15) is 132 Å². The molecule has 1 rings (SSSR count). The molecule has 3 atom stereocenters. The summed E-state index contributed by atoms with van der Waals surface area (Å²) in [5, 5.41) is 0. The SMILES string of the molecule is CCCCCCCCCCC(=O)N([C@@H]1C[C@@H](C)CC(C)(C)C1)[C@@H](C)CC(C)C. The van der Waals surface area contributed by atoms with E-state index in [1.807, 2.05) is 0 Å². The van der Waals surface area contributed by atoms with Crippen molar-refractivity contribution in [2.24, 2.45) is 17.3 Å². The van der Waals surface area contributed by atoms with Crippen LogP contribution >= 0.6 is 0 Å². The molecule has 1 saturated carbocycles. The molecule has 1 amide bonds. The van der Waals surface area contributed by atoms with E-state index in [1.165, 1.54) is 64.2 Å². The molecule has 0 heterocycles. The van der Waals surface area contributed by atoms with Gasteiger partial charge in [0.1, 0.15) is 0 Å². The van der Waals surface area contributed by atoms with E-state index < -0.39 is 0 Å². The largest absolute Gasteiger partial charge is 0.337 e. The van der Waals surface area contributed by atoms with Crippen molar-refractivity contribution < 1.29 is 4.79 Å². The molecule has 0 bridgehead atoms. The number of hydrogen-bond donors (Lipinski definition) is 0. The lowest BCUT2D eigenvalue weighted by atomic mass is 9.70. The van der Waals surface area contributed by atoms with Crippen molar-refractivity contribution in [2.45, 2.75) is 144 Å². The first-order valence-corrected chi connectivity index (χ1v) is 12.5. The summed E-state index contributed by atoms with van der Waals surface area (Å²) in [7, 11) is 0. The number of amides is 1. The van der Waals surface area contributed by atoms with E-state index >= 15 is 0 Å². The lowest BCUT2D eigenvalue weighted by molar-refractivity contribution is -0.138. The van der Waals surface area contributed by atoms with Gasteiger partial charge in [-0.25, -0.2) is 0 Å². The van der Waals surface area contributed by atoms with Crippen LogP contribution in [0.5, 0.6) is 0 Å². The molecule has 0 spiro atoms. The summed E-state index contributed by atoms with van der Waals surface area (Å²) >= 11 is 0. The molecule has 1 aliphatic rings. The van der Waals surface area contributed by atoms with Gasteiger partial charge in [0.15, 0.2) is 0 Å². The molecule has 2 heteroatoms. The summed E-state index contributed by atoms with van der Waals surface area (Å²) in [6.07, 6.45) is 15.9. The highest BCUT2D eigenvalue weighted by molar-refractivity contribution is 5.76. The Bertz CT molecular complexity index is 428. The molecule has 0 saturated heterocycles. The summed E-state index contributed by atoms with van der Waals surface area (Å²) in [6, 6.07) is 0.807. The van der Waals surface area contributed by atoms with Gasteiger partial charge in [-0.05, 0) is 56.3 Å². The topological polar surface area (TPSA) is 20.3 Å². The maximum atomic E-state index is 13.3. The van der Waals surface area contributed by atoms with Crippen molar-refractivity contribution in [3.05, 3.63) is 0 Å². The molecule has 0 radical (unpaired) electrons. The van der Waals surface area contributed by atoms with Gasteiger partial charge >= 0.3 is 0 Å². The normalized spacial score (nSPS) is 23.0. The minimum atomic E-state index is 0.358. The molecular weight excluding hydrogens is 342 g/mol. The molecule has 1 fully saturated rings. The smallest absolute Gasteiger partial charge is 0.223 e. The van der Waals surface area contributed by atoms with Crippen molar-refractivity contribution in [2.75, 3.05) is 0 Å². The molecule has 0 unspecified atom stereocenters. The average Bonchev–Trinajstić information content (AvgIpc) is 2.55. The van der Waals surface area contributed by atoms with Crippen LogP contribution in [0.15, 0.2) is 0 Å². The standard InChI is InChI=1S/C26H51NO/c1-8-9-10-11-12-13-14-15-16-25(28)27(23(5)17-21(2)3)24-18-22(4)19-26(6,7)20-24/h21-24H,8-20H2,1-7H3/t22-,23+,24-/m1/s1. The molecule has 2 nitrogen and oxygen atoms in total. The van der Waals surface area contributed by atoms with Crippen LogP contribution in [0.3, 0.4) is 0 Å². The first kappa shape index (κ1) is 25.5. The van der Waals surface area contributed by atoms with Crippen LogP contribution in [0.4, 0.5) is 0 Å². The predicted octanol–water partition coefficient (Wildman–Crippen LogP) is 8.00. The Morgan fingerprint density at radius 1 is 0.964 bits per heavy atom. The van der Waals surface area contributed by atoms with Gasteiger partial charge in [0.05, 0.1) is 0 Å². The van der Waals surface area contributed by atoms with Gasteiger partial charge < -0.3 is 4.90 Å². The monoisotopic (exact) mass is 393 g/mol. The second-order valence-corrected chi connectivity index (χ2v) is 11.1. The van der Waals surface area contributed by atoms with Crippen LogP contribution in [-0.4, -0.2) is 22.9 Å². The molecule has 28 heavy (non-hydrogen) atoms. The number of hydrogen-bond acceptors (Lipinski definition) is 1. The van der Waals surface area contributed by atoms with E-state index in [-0.39, 0.29) is 0 Å². The van der Waals surface area contributed by atoms with Gasteiger partial charge in [0, 0.05) is 18.5 Å². The molecular formula is C26H51NO. The fraction of sp³-hybridized carbons (Fsp3) is 0.962. The first-order chi connectivity index (χ1) is 13.2. The van der Waals surface area contributed by atoms with Gasteiger partial charge in [-0.2, -0.15) is 0 Å². The summed E-state index contributed by atoms with van der Waals surface area (Å²) < 4.78 is 0. The van der Waals surface area contributed by atoms with Crippen molar-refractivity contribution in [1.29, 1.82) is 0 Å². The zero-order valence-corrected chi connectivity index (χ0v) is 20.4. The lowest BCUT2D eigenvalue weighted by Gasteiger charge is -2.46. The third-order valence-corrected chi connectivity index (χ3v) is 6.58. The predicted molar refractivity (Wildman–Crippen MR) is 124 cm³/mol. The Hall–Kier alpha value is -0.530. The summed E-state index contributed by atoms with van der Waals surface area (Å²) in [6.45, 7) is 16.3. The lowest BCUT2D eigenvalue weighted by Crippen LogP contribution is -2.50. The van der Waals surface area contributed by atoms with Crippen LogP contribution in [0.25, 0.3) is 0 Å². The molecule has 1 aliphatic carbocycles. The van der Waals surface area contributed by atoms with Crippen molar-refractivity contribution >= 4 is 5.91 Å². The second kappa shape index (κ2) is 12.9. The zero-order valence-electron chi connectivity index (χ0n) is 20.4. The van der Waals surface area contributed by atoms with Gasteiger partial charge in [0.2, 0.25) is 5.91 Å². The fourth-order valence-corrected chi connectivity index (χ4v) is 5.65. The van der Waals surface area contributed by atoms with Gasteiger partial charge in [-0.3, -0.25) is 4.79 Å². The van der Waals surface area contributed by atoms with Crippen LogP contribution < -0.4 is 0 Å². The number of rotatable bonds is 13. The number of carbonyl (C=O) groups excluding carboxylic acids is 1. The minimum absolute atomic E-state index is 0.358. The summed E-state index contributed by atoms with van der Waals surface area (Å²) in [5.41, 5.74) is 0.358. The van der Waals surface area contributed by atoms with Crippen LogP contribution in [-0.2, 0) is 4.79 Å². The summed E-state index contributed by atoms with van der Waals surface area (Å²) in [5.74, 6) is 1.79. The Morgan fingerprint density at radius 2 is 1.54 bits per heavy atom. The van der Waals surface area contributed by atoms with Gasteiger partial charge in [-0.15, -0.1) is 0 Å². The van der Waals surface area contributed by atoms with Crippen molar-refractivity contribution in [1.82, 2.24) is 4.90 Å². The van der Waals surface area contributed by atoms with E-state index in [1.54, 1.807) is 0 Å². The fourth-order valence-electron chi connectivity index (χ4n) is 5.65. The van der Waals surface area contributed by atoms with Gasteiger partial charge in [-0.1, -0.05) is 86.5 Å². The molecule has 0 aromatic carbocycles. The molecule has 0 aliphatic heterocycles. The van der Waals surface area contributed by atoms with Crippen LogP contribution in [0.2, 0.25) is 0 Å². The Balaban J connectivity index is 2.58. The number of nitrogens with zero attached hydrogens (tertiary/aromatic N) is 1. The molecule has 0 aromatic rings. The van der Waals surface area contributed by atoms with E-state index in [4.69, 9.17) is 0 Å². The van der Waals surface area contributed by atoms with E-state index in [0.29, 0.717) is 29.3 Å². The minimum Gasteiger partial charge on any atom is -0.337 e. The van der Waals surface area contributed by atoms with Crippen LogP contribution in [0, 0.1) is 17.3 Å². The quantitative estimate of drug-likeness (QED) is 0.290. The van der Waals surface area contributed by atoms with E-state index in [0.717, 1.165) is 25.2 Å². The third-order valence-electron chi connectivity index (χ3n) is 6.58. The zero-order chi connectivity index (χ0) is 21.2. The Kier molecular flexibility index (Phi) is 11.8. The second-order valence-electron chi connectivity index (χ2n) is 11.1. The molecule has 0 N–H and O–H groups in total. The maximum absolute atomic E-state index is 13.3. The number of unbranched alkanes of at least 4 members (excludes halogenated alkanes) is 7. The van der Waals surface area contributed by atoms with E-state index in [9.17, 15) is 4.79 Å². The number of carbonyl (C=O) groups is 1. The van der Waals surface area contributed by atoms with Crippen molar-refractivity contribution in [3.63, 3.8) is 0 Å². The average molecular weight is 394 g/mol. The first-order valence-electron chi connectivity index (χ1n) is 12.5. The highest BCUT2D eigenvalue weighted by atomic mass is 16.2. The highest BCUT2D eigenvalue weighted by Crippen LogP contribution is 2.41. The van der Waals surface area contributed by atoms with Gasteiger partial charge in [0.25, 0.3) is 0 Å².